The number of benzene rings is 1. The highest BCUT2D eigenvalue weighted by Gasteiger charge is 2.12. The normalized spacial score (nSPS) is 10.5. The minimum atomic E-state index is 0.286. The standard InChI is InChI=1S/C17H27NO/c1-5-7-11-18(17(19)8-6-2)13-16-10-9-14(3)15(4)12-16/h9-10,12H,5-8,11,13H2,1-4H3. The molecule has 106 valence electrons. The summed E-state index contributed by atoms with van der Waals surface area (Å²) in [6.45, 7) is 10.1. The minimum absolute atomic E-state index is 0.286. The van der Waals surface area contributed by atoms with Gasteiger partial charge in [-0.3, -0.25) is 4.79 Å². The molecule has 0 atom stereocenters. The van der Waals surface area contributed by atoms with Crippen LogP contribution >= 0.6 is 0 Å². The smallest absolute Gasteiger partial charge is 0.222 e. The second kappa shape index (κ2) is 7.98. The molecule has 1 aromatic carbocycles. The number of hydrogen-bond donors (Lipinski definition) is 0. The fraction of sp³-hybridized carbons (Fsp3) is 0.588. The first-order valence-corrected chi connectivity index (χ1v) is 7.42. The lowest BCUT2D eigenvalue weighted by atomic mass is 10.1. The molecule has 0 fully saturated rings. The average molecular weight is 261 g/mol. The van der Waals surface area contributed by atoms with Crippen molar-refractivity contribution in [3.05, 3.63) is 34.9 Å². The summed E-state index contributed by atoms with van der Waals surface area (Å²) in [6, 6.07) is 6.49. The van der Waals surface area contributed by atoms with Crippen molar-refractivity contribution >= 4 is 5.91 Å². The summed E-state index contributed by atoms with van der Waals surface area (Å²) in [6.07, 6.45) is 3.80. The van der Waals surface area contributed by atoms with Gasteiger partial charge in [0.05, 0.1) is 0 Å². The van der Waals surface area contributed by atoms with Crippen LogP contribution < -0.4 is 0 Å². The molecule has 0 spiro atoms. The van der Waals surface area contributed by atoms with Gasteiger partial charge in [-0.25, -0.2) is 0 Å². The van der Waals surface area contributed by atoms with E-state index in [2.05, 4.69) is 45.9 Å². The molecule has 0 saturated heterocycles. The maximum Gasteiger partial charge on any atom is 0.222 e. The van der Waals surface area contributed by atoms with Crippen molar-refractivity contribution in [2.24, 2.45) is 0 Å². The van der Waals surface area contributed by atoms with Crippen molar-refractivity contribution in [3.63, 3.8) is 0 Å². The molecule has 0 aliphatic heterocycles. The number of nitrogens with zero attached hydrogens (tertiary/aromatic N) is 1. The third-order valence-electron chi connectivity index (χ3n) is 3.54. The summed E-state index contributed by atoms with van der Waals surface area (Å²) in [5.41, 5.74) is 3.85. The average Bonchev–Trinajstić information content (AvgIpc) is 2.39. The van der Waals surface area contributed by atoms with Gasteiger partial charge < -0.3 is 4.90 Å². The topological polar surface area (TPSA) is 20.3 Å². The first-order valence-electron chi connectivity index (χ1n) is 7.42. The number of amides is 1. The van der Waals surface area contributed by atoms with E-state index in [1.54, 1.807) is 0 Å². The van der Waals surface area contributed by atoms with Crippen LogP contribution in [0.15, 0.2) is 18.2 Å². The molecule has 1 rings (SSSR count). The minimum Gasteiger partial charge on any atom is -0.338 e. The molecule has 0 aromatic heterocycles. The molecule has 1 aromatic rings. The van der Waals surface area contributed by atoms with Gasteiger partial charge in [-0.2, -0.15) is 0 Å². The molecule has 0 aliphatic rings. The van der Waals surface area contributed by atoms with Crippen molar-refractivity contribution in [2.45, 2.75) is 59.9 Å². The predicted molar refractivity (Wildman–Crippen MR) is 81.1 cm³/mol. The van der Waals surface area contributed by atoms with Gasteiger partial charge in [0.15, 0.2) is 0 Å². The first kappa shape index (κ1) is 15.7. The van der Waals surface area contributed by atoms with Crippen LogP contribution in [-0.2, 0) is 11.3 Å². The SMILES string of the molecule is CCCCN(Cc1ccc(C)c(C)c1)C(=O)CCC. The van der Waals surface area contributed by atoms with Crippen molar-refractivity contribution in [1.82, 2.24) is 4.90 Å². The lowest BCUT2D eigenvalue weighted by Gasteiger charge is -2.23. The van der Waals surface area contributed by atoms with E-state index in [1.165, 1.54) is 16.7 Å². The molecule has 19 heavy (non-hydrogen) atoms. The van der Waals surface area contributed by atoms with Gasteiger partial charge in [-0.1, -0.05) is 38.5 Å². The van der Waals surface area contributed by atoms with Gasteiger partial charge in [-0.15, -0.1) is 0 Å². The molecule has 0 bridgehead atoms. The Morgan fingerprint density at radius 2 is 1.84 bits per heavy atom. The second-order valence-electron chi connectivity index (χ2n) is 5.34. The highest BCUT2D eigenvalue weighted by atomic mass is 16.2. The summed E-state index contributed by atoms with van der Waals surface area (Å²) in [7, 11) is 0. The Hall–Kier alpha value is -1.31. The zero-order valence-electron chi connectivity index (χ0n) is 12.8. The van der Waals surface area contributed by atoms with E-state index in [1.807, 2.05) is 4.90 Å². The lowest BCUT2D eigenvalue weighted by Crippen LogP contribution is -2.31. The number of hydrogen-bond acceptors (Lipinski definition) is 1. The number of rotatable bonds is 7. The Labute approximate surface area is 117 Å². The van der Waals surface area contributed by atoms with Crippen molar-refractivity contribution < 1.29 is 4.79 Å². The van der Waals surface area contributed by atoms with Crippen LogP contribution in [0.25, 0.3) is 0 Å². The molecule has 0 aliphatic carbocycles. The number of carbonyl (C=O) groups excluding carboxylic acids is 1. The van der Waals surface area contributed by atoms with Crippen LogP contribution in [0.1, 0.15) is 56.2 Å². The number of carbonyl (C=O) groups is 1. The summed E-state index contributed by atoms with van der Waals surface area (Å²) < 4.78 is 0. The van der Waals surface area contributed by atoms with Crippen LogP contribution in [0.3, 0.4) is 0 Å². The van der Waals surface area contributed by atoms with E-state index >= 15 is 0 Å². The van der Waals surface area contributed by atoms with Gasteiger partial charge >= 0.3 is 0 Å². The fourth-order valence-electron chi connectivity index (χ4n) is 2.14. The summed E-state index contributed by atoms with van der Waals surface area (Å²) in [4.78, 5) is 14.1. The molecule has 0 heterocycles. The second-order valence-corrected chi connectivity index (χ2v) is 5.34. The molecular weight excluding hydrogens is 234 g/mol. The molecule has 0 unspecified atom stereocenters. The highest BCUT2D eigenvalue weighted by molar-refractivity contribution is 5.76. The van der Waals surface area contributed by atoms with E-state index in [9.17, 15) is 4.79 Å². The van der Waals surface area contributed by atoms with Crippen LogP contribution in [0.4, 0.5) is 0 Å². The molecule has 2 heteroatoms. The Morgan fingerprint density at radius 1 is 1.11 bits per heavy atom. The Morgan fingerprint density at radius 3 is 2.42 bits per heavy atom. The van der Waals surface area contributed by atoms with Gasteiger partial charge in [-0.05, 0) is 43.4 Å². The Bertz CT molecular complexity index is 412. The Kier molecular flexibility index (Phi) is 6.61. The maximum atomic E-state index is 12.1. The lowest BCUT2D eigenvalue weighted by molar-refractivity contribution is -0.131. The van der Waals surface area contributed by atoms with Gasteiger partial charge in [0.2, 0.25) is 5.91 Å². The van der Waals surface area contributed by atoms with Crippen LogP contribution in [0, 0.1) is 13.8 Å². The van der Waals surface area contributed by atoms with Crippen molar-refractivity contribution in [3.8, 4) is 0 Å². The van der Waals surface area contributed by atoms with Crippen LogP contribution in [-0.4, -0.2) is 17.4 Å². The zero-order valence-corrected chi connectivity index (χ0v) is 12.8. The van der Waals surface area contributed by atoms with E-state index in [0.717, 1.165) is 32.4 Å². The highest BCUT2D eigenvalue weighted by Crippen LogP contribution is 2.13. The molecule has 0 saturated carbocycles. The summed E-state index contributed by atoms with van der Waals surface area (Å²) in [5, 5.41) is 0. The summed E-state index contributed by atoms with van der Waals surface area (Å²) >= 11 is 0. The van der Waals surface area contributed by atoms with E-state index < -0.39 is 0 Å². The first-order chi connectivity index (χ1) is 9.08. The predicted octanol–water partition coefficient (Wildman–Crippen LogP) is 4.23. The fourth-order valence-corrected chi connectivity index (χ4v) is 2.14. The van der Waals surface area contributed by atoms with Gasteiger partial charge in [0, 0.05) is 19.5 Å². The third kappa shape index (κ3) is 5.06. The zero-order chi connectivity index (χ0) is 14.3. The number of unbranched alkanes of at least 4 members (excludes halogenated alkanes) is 1. The van der Waals surface area contributed by atoms with E-state index in [4.69, 9.17) is 0 Å². The Balaban J connectivity index is 2.74. The van der Waals surface area contributed by atoms with Gasteiger partial charge in [0.25, 0.3) is 0 Å². The molecule has 2 nitrogen and oxygen atoms in total. The summed E-state index contributed by atoms with van der Waals surface area (Å²) in [5.74, 6) is 0.286. The molecular formula is C17H27NO. The largest absolute Gasteiger partial charge is 0.338 e. The van der Waals surface area contributed by atoms with Crippen molar-refractivity contribution in [1.29, 1.82) is 0 Å². The maximum absolute atomic E-state index is 12.1. The molecule has 1 amide bonds. The van der Waals surface area contributed by atoms with E-state index in [0.29, 0.717) is 6.42 Å². The van der Waals surface area contributed by atoms with Crippen LogP contribution in [0.2, 0.25) is 0 Å². The van der Waals surface area contributed by atoms with Crippen LogP contribution in [0.5, 0.6) is 0 Å². The van der Waals surface area contributed by atoms with Gasteiger partial charge in [0.1, 0.15) is 0 Å². The monoisotopic (exact) mass is 261 g/mol. The van der Waals surface area contributed by atoms with E-state index in [-0.39, 0.29) is 5.91 Å². The van der Waals surface area contributed by atoms with Crippen molar-refractivity contribution in [2.75, 3.05) is 6.54 Å². The third-order valence-corrected chi connectivity index (χ3v) is 3.54. The molecule has 0 N–H and O–H groups in total. The number of aryl methyl sites for hydroxylation is 2. The molecule has 0 radical (unpaired) electrons. The quantitative estimate of drug-likeness (QED) is 0.719.